The number of nitrogens with zero attached hydrogens (tertiary/aromatic N) is 1. The third-order valence-corrected chi connectivity index (χ3v) is 4.92. The molecule has 1 aliphatic carbocycles. The van der Waals surface area contributed by atoms with Gasteiger partial charge in [-0.2, -0.15) is 5.26 Å². The highest BCUT2D eigenvalue weighted by Crippen LogP contribution is 2.52. The third-order valence-electron chi connectivity index (χ3n) is 4.92. The number of hydrogen-bond acceptors (Lipinski definition) is 3. The minimum Gasteiger partial charge on any atom is -0.292 e. The number of imide groups is 1. The van der Waals surface area contributed by atoms with E-state index in [1.54, 1.807) is 24.3 Å². The van der Waals surface area contributed by atoms with E-state index in [1.165, 1.54) is 0 Å². The smallest absolute Gasteiger partial charge is 0.257 e. The highest BCUT2D eigenvalue weighted by atomic mass is 16.2. The molecule has 0 saturated heterocycles. The van der Waals surface area contributed by atoms with E-state index in [1.807, 2.05) is 19.9 Å². The van der Waals surface area contributed by atoms with Crippen molar-refractivity contribution in [2.24, 2.45) is 10.8 Å². The monoisotopic (exact) mass is 298 g/mol. The third kappa shape index (κ3) is 3.19. The number of benzene rings is 1. The van der Waals surface area contributed by atoms with Gasteiger partial charge in [0, 0.05) is 12.0 Å². The number of hydrogen-bond donors (Lipinski definition) is 1. The highest BCUT2D eigenvalue weighted by molar-refractivity contribution is 6.04. The Bertz CT molecular complexity index is 601. The van der Waals surface area contributed by atoms with Gasteiger partial charge in [-0.05, 0) is 30.4 Å². The lowest BCUT2D eigenvalue weighted by atomic mass is 9.57. The number of carbonyl (C=O) groups excluding carboxylic acids is 2. The van der Waals surface area contributed by atoms with Crippen molar-refractivity contribution < 1.29 is 9.59 Å². The summed E-state index contributed by atoms with van der Waals surface area (Å²) >= 11 is 0. The molecule has 1 fully saturated rings. The zero-order chi connectivity index (χ0) is 16.2. The maximum Gasteiger partial charge on any atom is 0.257 e. The molecule has 22 heavy (non-hydrogen) atoms. The first-order valence-electron chi connectivity index (χ1n) is 7.71. The van der Waals surface area contributed by atoms with E-state index in [9.17, 15) is 14.9 Å². The summed E-state index contributed by atoms with van der Waals surface area (Å²) in [5.74, 6) is -0.780. The molecule has 0 bridgehead atoms. The Morgan fingerprint density at radius 3 is 2.41 bits per heavy atom. The Morgan fingerprint density at radius 2 is 1.82 bits per heavy atom. The van der Waals surface area contributed by atoms with Gasteiger partial charge in [0.15, 0.2) is 0 Å². The molecule has 4 nitrogen and oxygen atoms in total. The summed E-state index contributed by atoms with van der Waals surface area (Å²) in [6.45, 7) is 4.09. The first-order chi connectivity index (χ1) is 10.4. The van der Waals surface area contributed by atoms with Gasteiger partial charge in [-0.1, -0.05) is 44.9 Å². The molecule has 1 atom stereocenters. The number of carbonyl (C=O) groups is 2. The molecule has 0 heterocycles. The van der Waals surface area contributed by atoms with Crippen LogP contribution in [0.3, 0.4) is 0 Å². The minimum absolute atomic E-state index is 0.0784. The fourth-order valence-electron chi connectivity index (χ4n) is 3.25. The summed E-state index contributed by atoms with van der Waals surface area (Å²) in [6, 6.07) is 11.0. The Labute approximate surface area is 131 Å². The summed E-state index contributed by atoms with van der Waals surface area (Å²) in [5.41, 5.74) is -0.454. The number of rotatable bonds is 3. The molecule has 0 aromatic heterocycles. The molecule has 4 heteroatoms. The van der Waals surface area contributed by atoms with E-state index < -0.39 is 11.3 Å². The molecule has 2 amide bonds. The molecule has 0 spiro atoms. The van der Waals surface area contributed by atoms with Gasteiger partial charge in [0.2, 0.25) is 5.91 Å². The van der Waals surface area contributed by atoms with E-state index in [0.717, 1.165) is 19.3 Å². The molecule has 1 N–H and O–H groups in total. The molecule has 1 aliphatic rings. The fourth-order valence-corrected chi connectivity index (χ4v) is 3.25. The first-order valence-corrected chi connectivity index (χ1v) is 7.71. The van der Waals surface area contributed by atoms with E-state index in [-0.39, 0.29) is 17.7 Å². The largest absolute Gasteiger partial charge is 0.292 e. The van der Waals surface area contributed by atoms with Crippen molar-refractivity contribution in [3.8, 4) is 6.07 Å². The molecule has 0 radical (unpaired) electrons. The summed E-state index contributed by atoms with van der Waals surface area (Å²) in [7, 11) is 0. The molecule has 1 aromatic rings. The average Bonchev–Trinajstić information content (AvgIpc) is 2.50. The molecule has 1 unspecified atom stereocenters. The average molecular weight is 298 g/mol. The van der Waals surface area contributed by atoms with Gasteiger partial charge in [0.1, 0.15) is 0 Å². The van der Waals surface area contributed by atoms with Crippen molar-refractivity contribution in [2.45, 2.75) is 46.0 Å². The Hall–Kier alpha value is -2.15. The topological polar surface area (TPSA) is 70.0 Å². The first kappa shape index (κ1) is 16.2. The second-order valence-corrected chi connectivity index (χ2v) is 6.71. The zero-order valence-electron chi connectivity index (χ0n) is 13.2. The quantitative estimate of drug-likeness (QED) is 0.929. The normalized spacial score (nSPS) is 23.3. The van der Waals surface area contributed by atoms with Crippen molar-refractivity contribution in [3.05, 3.63) is 35.9 Å². The number of nitrogens with one attached hydrogen (secondary N) is 1. The second kappa shape index (κ2) is 6.31. The summed E-state index contributed by atoms with van der Waals surface area (Å²) in [4.78, 5) is 24.3. The SMILES string of the molecule is CC1(C)CCCCC1(C#N)CC(=O)NC(=O)c1ccccc1. The van der Waals surface area contributed by atoms with Crippen LogP contribution in [0.5, 0.6) is 0 Å². The number of nitriles is 1. The van der Waals surface area contributed by atoms with E-state index in [4.69, 9.17) is 0 Å². The highest BCUT2D eigenvalue weighted by Gasteiger charge is 2.48. The van der Waals surface area contributed by atoms with Crippen molar-refractivity contribution in [1.82, 2.24) is 5.32 Å². The maximum absolute atomic E-state index is 12.3. The van der Waals surface area contributed by atoms with Crippen LogP contribution >= 0.6 is 0 Å². The molecular weight excluding hydrogens is 276 g/mol. The van der Waals surface area contributed by atoms with Gasteiger partial charge < -0.3 is 0 Å². The second-order valence-electron chi connectivity index (χ2n) is 6.71. The van der Waals surface area contributed by atoms with Crippen LogP contribution in [-0.2, 0) is 4.79 Å². The van der Waals surface area contributed by atoms with Gasteiger partial charge in [-0.3, -0.25) is 14.9 Å². The molecule has 116 valence electrons. The molecule has 1 aromatic carbocycles. The van der Waals surface area contributed by atoms with E-state index in [0.29, 0.717) is 12.0 Å². The van der Waals surface area contributed by atoms with Crippen LogP contribution in [0.1, 0.15) is 56.3 Å². The Balaban J connectivity index is 2.07. The molecule has 2 rings (SSSR count). The van der Waals surface area contributed by atoms with Gasteiger partial charge in [-0.25, -0.2) is 0 Å². The van der Waals surface area contributed by atoms with Crippen molar-refractivity contribution in [1.29, 1.82) is 5.26 Å². The maximum atomic E-state index is 12.3. The zero-order valence-corrected chi connectivity index (χ0v) is 13.2. The predicted molar refractivity (Wildman–Crippen MR) is 83.8 cm³/mol. The molecule has 0 aliphatic heterocycles. The van der Waals surface area contributed by atoms with Crippen LogP contribution in [0.15, 0.2) is 30.3 Å². The standard InChI is InChI=1S/C18H22N2O2/c1-17(2)10-6-7-11-18(17,13-19)12-15(21)20-16(22)14-8-4-3-5-9-14/h3-5,8-9H,6-7,10-12H2,1-2H3,(H,20,21,22). The lowest BCUT2D eigenvalue weighted by Gasteiger charge is -2.45. The van der Waals surface area contributed by atoms with Crippen molar-refractivity contribution in [3.63, 3.8) is 0 Å². The van der Waals surface area contributed by atoms with E-state index in [2.05, 4.69) is 11.4 Å². The van der Waals surface area contributed by atoms with Crippen LogP contribution in [0, 0.1) is 22.2 Å². The van der Waals surface area contributed by atoms with Crippen LogP contribution < -0.4 is 5.32 Å². The van der Waals surface area contributed by atoms with Crippen LogP contribution in [0.25, 0.3) is 0 Å². The summed E-state index contributed by atoms with van der Waals surface area (Å²) < 4.78 is 0. The fraction of sp³-hybridized carbons (Fsp3) is 0.500. The lowest BCUT2D eigenvalue weighted by molar-refractivity contribution is -0.124. The van der Waals surface area contributed by atoms with Crippen LogP contribution in [0.4, 0.5) is 0 Å². The van der Waals surface area contributed by atoms with Gasteiger partial charge >= 0.3 is 0 Å². The minimum atomic E-state index is -0.688. The molecule has 1 saturated carbocycles. The molecular formula is C18H22N2O2. The van der Waals surface area contributed by atoms with Gasteiger partial charge in [-0.15, -0.1) is 0 Å². The van der Waals surface area contributed by atoms with Crippen LogP contribution in [0.2, 0.25) is 0 Å². The van der Waals surface area contributed by atoms with Crippen molar-refractivity contribution >= 4 is 11.8 Å². The van der Waals surface area contributed by atoms with E-state index >= 15 is 0 Å². The lowest BCUT2D eigenvalue weighted by Crippen LogP contribution is -2.44. The number of amides is 2. The summed E-state index contributed by atoms with van der Waals surface area (Å²) in [5, 5.41) is 12.1. The Morgan fingerprint density at radius 1 is 1.18 bits per heavy atom. The van der Waals surface area contributed by atoms with Gasteiger partial charge in [0.05, 0.1) is 11.5 Å². The van der Waals surface area contributed by atoms with Crippen LogP contribution in [-0.4, -0.2) is 11.8 Å². The Kier molecular flexibility index (Phi) is 4.65. The summed E-state index contributed by atoms with van der Waals surface area (Å²) in [6.07, 6.45) is 3.76. The predicted octanol–water partition coefficient (Wildman–Crippen LogP) is 3.44. The van der Waals surface area contributed by atoms with Crippen molar-refractivity contribution in [2.75, 3.05) is 0 Å². The van der Waals surface area contributed by atoms with Gasteiger partial charge in [0.25, 0.3) is 5.91 Å².